The number of nitrogens with zero attached hydrogens (tertiary/aromatic N) is 1. The number of amides is 1. The maximum absolute atomic E-state index is 12.3. The maximum Gasteiger partial charge on any atom is 0.237 e. The van der Waals surface area contributed by atoms with Crippen LogP contribution in [0.3, 0.4) is 0 Å². The Morgan fingerprint density at radius 1 is 1.26 bits per heavy atom. The molecule has 2 heterocycles. The van der Waals surface area contributed by atoms with Crippen molar-refractivity contribution in [2.75, 3.05) is 19.6 Å². The van der Waals surface area contributed by atoms with Crippen molar-refractivity contribution >= 4 is 5.91 Å². The molecule has 2 aliphatic rings. The minimum atomic E-state index is 0.0249. The highest BCUT2D eigenvalue weighted by Crippen LogP contribution is 2.17. The number of hydrogen-bond donors (Lipinski definition) is 2. The van der Waals surface area contributed by atoms with E-state index in [0.29, 0.717) is 18.0 Å². The lowest BCUT2D eigenvalue weighted by Crippen LogP contribution is -2.55. The fraction of sp³-hybridized carbons (Fsp3) is 0.933. The second-order valence-electron chi connectivity index (χ2n) is 6.46. The highest BCUT2D eigenvalue weighted by atomic mass is 16.2. The van der Waals surface area contributed by atoms with Gasteiger partial charge in [0, 0.05) is 25.2 Å². The van der Waals surface area contributed by atoms with Crippen LogP contribution in [-0.2, 0) is 4.79 Å². The molecule has 2 aliphatic heterocycles. The molecular formula is C15H29N3O. The van der Waals surface area contributed by atoms with Crippen molar-refractivity contribution in [1.82, 2.24) is 15.5 Å². The van der Waals surface area contributed by atoms with Gasteiger partial charge < -0.3 is 15.5 Å². The molecule has 0 aliphatic carbocycles. The molecule has 110 valence electrons. The van der Waals surface area contributed by atoms with Crippen LogP contribution in [0.25, 0.3) is 0 Å². The Morgan fingerprint density at radius 3 is 2.53 bits per heavy atom. The summed E-state index contributed by atoms with van der Waals surface area (Å²) in [5.41, 5.74) is 0. The lowest BCUT2D eigenvalue weighted by molar-refractivity contribution is -0.125. The Morgan fingerprint density at radius 2 is 1.95 bits per heavy atom. The van der Waals surface area contributed by atoms with Gasteiger partial charge >= 0.3 is 0 Å². The normalized spacial score (nSPS) is 30.5. The van der Waals surface area contributed by atoms with E-state index < -0.39 is 0 Å². The molecule has 0 spiro atoms. The van der Waals surface area contributed by atoms with E-state index in [-0.39, 0.29) is 11.9 Å². The number of likely N-dealkylation sites (tertiary alicyclic amines) is 1. The quantitative estimate of drug-likeness (QED) is 0.811. The van der Waals surface area contributed by atoms with Gasteiger partial charge in [-0.15, -0.1) is 0 Å². The van der Waals surface area contributed by atoms with Gasteiger partial charge in [-0.3, -0.25) is 4.79 Å². The van der Waals surface area contributed by atoms with Crippen LogP contribution in [0.4, 0.5) is 0 Å². The summed E-state index contributed by atoms with van der Waals surface area (Å²) in [5.74, 6) is 0.680. The Bertz CT molecular complexity index is 298. The molecule has 2 fully saturated rings. The predicted octanol–water partition coefficient (Wildman–Crippen LogP) is 1.36. The second-order valence-corrected chi connectivity index (χ2v) is 6.46. The van der Waals surface area contributed by atoms with Gasteiger partial charge in [-0.05, 0) is 52.0 Å². The van der Waals surface area contributed by atoms with Crippen LogP contribution < -0.4 is 10.6 Å². The molecule has 0 bridgehead atoms. The molecule has 19 heavy (non-hydrogen) atoms. The van der Waals surface area contributed by atoms with E-state index in [0.717, 1.165) is 38.9 Å². The summed E-state index contributed by atoms with van der Waals surface area (Å²) in [6.07, 6.45) is 4.53. The SMILES string of the molecule is CC1CCCNC1C(=O)NC1CCN(C(C)C)CC1. The van der Waals surface area contributed by atoms with Gasteiger partial charge in [0.15, 0.2) is 0 Å². The largest absolute Gasteiger partial charge is 0.352 e. The van der Waals surface area contributed by atoms with Crippen LogP contribution in [-0.4, -0.2) is 48.6 Å². The fourth-order valence-electron chi connectivity index (χ4n) is 3.25. The van der Waals surface area contributed by atoms with Crippen LogP contribution in [0.15, 0.2) is 0 Å². The maximum atomic E-state index is 12.3. The van der Waals surface area contributed by atoms with Crippen LogP contribution in [0.5, 0.6) is 0 Å². The van der Waals surface area contributed by atoms with Gasteiger partial charge in [0.1, 0.15) is 0 Å². The van der Waals surface area contributed by atoms with E-state index in [1.54, 1.807) is 0 Å². The molecule has 2 atom stereocenters. The van der Waals surface area contributed by atoms with E-state index in [9.17, 15) is 4.79 Å². The van der Waals surface area contributed by atoms with Gasteiger partial charge in [0.05, 0.1) is 6.04 Å². The monoisotopic (exact) mass is 267 g/mol. The van der Waals surface area contributed by atoms with Gasteiger partial charge in [-0.2, -0.15) is 0 Å². The summed E-state index contributed by atoms with van der Waals surface area (Å²) in [6, 6.07) is 1.02. The summed E-state index contributed by atoms with van der Waals surface area (Å²) >= 11 is 0. The minimum Gasteiger partial charge on any atom is -0.352 e. The van der Waals surface area contributed by atoms with E-state index in [1.807, 2.05) is 0 Å². The molecule has 0 aromatic carbocycles. The van der Waals surface area contributed by atoms with Crippen LogP contribution >= 0.6 is 0 Å². The number of rotatable bonds is 3. The third-order valence-electron chi connectivity index (χ3n) is 4.66. The average molecular weight is 267 g/mol. The molecule has 0 aromatic rings. The number of carbonyl (C=O) groups is 1. The van der Waals surface area contributed by atoms with Gasteiger partial charge in [-0.25, -0.2) is 0 Å². The highest BCUT2D eigenvalue weighted by molar-refractivity contribution is 5.82. The first-order valence-corrected chi connectivity index (χ1v) is 7.85. The van der Waals surface area contributed by atoms with E-state index in [2.05, 4.69) is 36.3 Å². The predicted molar refractivity (Wildman–Crippen MR) is 78.1 cm³/mol. The smallest absolute Gasteiger partial charge is 0.237 e. The van der Waals surface area contributed by atoms with E-state index in [4.69, 9.17) is 0 Å². The summed E-state index contributed by atoms with van der Waals surface area (Å²) < 4.78 is 0. The zero-order valence-corrected chi connectivity index (χ0v) is 12.6. The molecule has 2 N–H and O–H groups in total. The Hall–Kier alpha value is -0.610. The molecule has 4 nitrogen and oxygen atoms in total. The molecule has 0 saturated carbocycles. The van der Waals surface area contributed by atoms with Crippen molar-refractivity contribution in [1.29, 1.82) is 0 Å². The van der Waals surface area contributed by atoms with Crippen LogP contribution in [0.1, 0.15) is 46.5 Å². The number of carbonyl (C=O) groups excluding carboxylic acids is 1. The molecule has 0 aromatic heterocycles. The molecule has 4 heteroatoms. The van der Waals surface area contributed by atoms with Crippen molar-refractivity contribution in [3.8, 4) is 0 Å². The summed E-state index contributed by atoms with van der Waals surface area (Å²) in [5, 5.41) is 6.61. The Kier molecular flexibility index (Phi) is 5.22. The number of piperidine rings is 2. The zero-order valence-electron chi connectivity index (χ0n) is 12.6. The third-order valence-corrected chi connectivity index (χ3v) is 4.66. The summed E-state index contributed by atoms with van der Waals surface area (Å²) in [4.78, 5) is 14.8. The molecule has 2 saturated heterocycles. The average Bonchev–Trinajstić information content (AvgIpc) is 2.39. The summed E-state index contributed by atoms with van der Waals surface area (Å²) in [7, 11) is 0. The van der Waals surface area contributed by atoms with Crippen molar-refractivity contribution in [3.63, 3.8) is 0 Å². The van der Waals surface area contributed by atoms with Gasteiger partial charge in [0.2, 0.25) is 5.91 Å². The number of nitrogens with one attached hydrogen (secondary N) is 2. The first-order valence-electron chi connectivity index (χ1n) is 7.85. The van der Waals surface area contributed by atoms with Crippen molar-refractivity contribution in [2.24, 2.45) is 5.92 Å². The fourth-order valence-corrected chi connectivity index (χ4v) is 3.25. The Balaban J connectivity index is 1.77. The highest BCUT2D eigenvalue weighted by Gasteiger charge is 2.29. The topological polar surface area (TPSA) is 44.4 Å². The first kappa shape index (κ1) is 14.8. The van der Waals surface area contributed by atoms with Crippen LogP contribution in [0, 0.1) is 5.92 Å². The lowest BCUT2D eigenvalue weighted by atomic mass is 9.91. The van der Waals surface area contributed by atoms with E-state index in [1.165, 1.54) is 6.42 Å². The molecular weight excluding hydrogens is 238 g/mol. The first-order chi connectivity index (χ1) is 9.08. The minimum absolute atomic E-state index is 0.0249. The Labute approximate surface area is 117 Å². The lowest BCUT2D eigenvalue weighted by Gasteiger charge is -2.36. The number of hydrogen-bond acceptors (Lipinski definition) is 3. The van der Waals surface area contributed by atoms with Crippen molar-refractivity contribution in [3.05, 3.63) is 0 Å². The standard InChI is InChI=1S/C15H29N3O/c1-11(2)18-9-6-13(7-10-18)17-15(19)14-12(3)5-4-8-16-14/h11-14,16H,4-10H2,1-3H3,(H,17,19). The van der Waals surface area contributed by atoms with Gasteiger partial charge in [-0.1, -0.05) is 6.92 Å². The second kappa shape index (κ2) is 6.71. The molecule has 0 radical (unpaired) electrons. The third kappa shape index (κ3) is 3.93. The van der Waals surface area contributed by atoms with E-state index >= 15 is 0 Å². The molecule has 1 amide bonds. The summed E-state index contributed by atoms with van der Waals surface area (Å²) in [6.45, 7) is 9.86. The van der Waals surface area contributed by atoms with Crippen molar-refractivity contribution < 1.29 is 4.79 Å². The molecule has 2 rings (SSSR count). The zero-order chi connectivity index (χ0) is 13.8. The van der Waals surface area contributed by atoms with Crippen molar-refractivity contribution in [2.45, 2.75) is 64.6 Å². The molecule has 2 unspecified atom stereocenters. The van der Waals surface area contributed by atoms with Gasteiger partial charge in [0.25, 0.3) is 0 Å². The van der Waals surface area contributed by atoms with Crippen LogP contribution in [0.2, 0.25) is 0 Å².